The molecule has 2 rings (SSSR count). The van der Waals surface area contributed by atoms with Gasteiger partial charge in [-0.05, 0) is 50.1 Å². The van der Waals surface area contributed by atoms with E-state index in [1.54, 1.807) is 0 Å². The fourth-order valence-corrected chi connectivity index (χ4v) is 2.32. The maximum absolute atomic E-state index is 5.84. The number of pyridine rings is 1. The molecule has 4 heteroatoms. The first-order valence-electron chi connectivity index (χ1n) is 7.23. The summed E-state index contributed by atoms with van der Waals surface area (Å²) in [5, 5.41) is 3.45. The van der Waals surface area contributed by atoms with E-state index in [0.29, 0.717) is 11.9 Å². The molecule has 0 fully saturated rings. The zero-order chi connectivity index (χ0) is 15.2. The van der Waals surface area contributed by atoms with Crippen molar-refractivity contribution in [1.82, 2.24) is 10.3 Å². The van der Waals surface area contributed by atoms with E-state index in [2.05, 4.69) is 46.1 Å². The lowest BCUT2D eigenvalue weighted by molar-refractivity contribution is 0.457. The first-order valence-corrected chi connectivity index (χ1v) is 8.02. The molecule has 0 aliphatic rings. The molecule has 0 bridgehead atoms. The van der Waals surface area contributed by atoms with Crippen molar-refractivity contribution in [2.75, 3.05) is 6.54 Å². The molecule has 1 atom stereocenters. The standard InChI is InChI=1S/C17H21BrN2O/c1-4-9-19-13(3)14-6-8-17(20-11-14)21-16-10-15(18)7-5-12(16)2/h5-8,10-11,13,19H,4,9H2,1-3H3. The van der Waals surface area contributed by atoms with Crippen molar-refractivity contribution in [3.05, 3.63) is 52.1 Å². The highest BCUT2D eigenvalue weighted by atomic mass is 79.9. The smallest absolute Gasteiger partial charge is 0.219 e. The van der Waals surface area contributed by atoms with E-state index < -0.39 is 0 Å². The first kappa shape index (κ1) is 16.0. The third-order valence-corrected chi connectivity index (χ3v) is 3.82. The highest BCUT2D eigenvalue weighted by Gasteiger charge is 2.07. The quantitative estimate of drug-likeness (QED) is 0.796. The Morgan fingerprint density at radius 3 is 2.76 bits per heavy atom. The molecule has 1 aromatic carbocycles. The van der Waals surface area contributed by atoms with E-state index in [-0.39, 0.29) is 0 Å². The number of hydrogen-bond donors (Lipinski definition) is 1. The van der Waals surface area contributed by atoms with Crippen molar-refractivity contribution in [1.29, 1.82) is 0 Å². The number of nitrogens with one attached hydrogen (secondary N) is 1. The molecule has 1 N–H and O–H groups in total. The van der Waals surface area contributed by atoms with Crippen molar-refractivity contribution in [3.8, 4) is 11.6 Å². The molecule has 0 spiro atoms. The summed E-state index contributed by atoms with van der Waals surface area (Å²) in [5.74, 6) is 1.43. The molecule has 0 saturated carbocycles. The molecule has 21 heavy (non-hydrogen) atoms. The van der Waals surface area contributed by atoms with Gasteiger partial charge < -0.3 is 10.1 Å². The normalized spacial score (nSPS) is 12.2. The summed E-state index contributed by atoms with van der Waals surface area (Å²) in [5.41, 5.74) is 2.25. The second kappa shape index (κ2) is 7.57. The van der Waals surface area contributed by atoms with Crippen LogP contribution in [0.2, 0.25) is 0 Å². The van der Waals surface area contributed by atoms with Crippen LogP contribution < -0.4 is 10.1 Å². The zero-order valence-electron chi connectivity index (χ0n) is 12.7. The predicted molar refractivity (Wildman–Crippen MR) is 89.9 cm³/mol. The second-order valence-electron chi connectivity index (χ2n) is 5.12. The van der Waals surface area contributed by atoms with E-state index in [1.807, 2.05) is 37.4 Å². The molecule has 1 aromatic heterocycles. The number of hydrogen-bond acceptors (Lipinski definition) is 3. The third-order valence-electron chi connectivity index (χ3n) is 3.32. The number of benzene rings is 1. The number of nitrogens with zero attached hydrogens (tertiary/aromatic N) is 1. The van der Waals surface area contributed by atoms with Gasteiger partial charge >= 0.3 is 0 Å². The summed E-state index contributed by atoms with van der Waals surface area (Å²) in [6, 6.07) is 10.3. The Balaban J connectivity index is 2.07. The van der Waals surface area contributed by atoms with E-state index in [1.165, 1.54) is 5.56 Å². The highest BCUT2D eigenvalue weighted by Crippen LogP contribution is 2.27. The van der Waals surface area contributed by atoms with Gasteiger partial charge in [-0.3, -0.25) is 0 Å². The van der Waals surface area contributed by atoms with Gasteiger partial charge in [0.25, 0.3) is 0 Å². The predicted octanol–water partition coefficient (Wildman–Crippen LogP) is 5.01. The topological polar surface area (TPSA) is 34.1 Å². The molecule has 0 aliphatic carbocycles. The zero-order valence-corrected chi connectivity index (χ0v) is 14.3. The van der Waals surface area contributed by atoms with Crippen molar-refractivity contribution < 1.29 is 4.74 Å². The molecule has 0 aliphatic heterocycles. The van der Waals surface area contributed by atoms with Crippen LogP contribution in [0.15, 0.2) is 41.0 Å². The minimum atomic E-state index is 0.305. The minimum absolute atomic E-state index is 0.305. The summed E-state index contributed by atoms with van der Waals surface area (Å²) in [6.07, 6.45) is 3.00. The van der Waals surface area contributed by atoms with E-state index in [9.17, 15) is 0 Å². The molecule has 3 nitrogen and oxygen atoms in total. The molecule has 0 radical (unpaired) electrons. The molecule has 112 valence electrons. The molecule has 1 unspecified atom stereocenters. The van der Waals surface area contributed by atoms with Gasteiger partial charge in [-0.25, -0.2) is 4.98 Å². The third kappa shape index (κ3) is 4.55. The number of aryl methyl sites for hydroxylation is 1. The number of rotatable bonds is 6. The maximum Gasteiger partial charge on any atom is 0.219 e. The summed E-state index contributed by atoms with van der Waals surface area (Å²) in [6.45, 7) is 7.34. The van der Waals surface area contributed by atoms with Crippen LogP contribution in [0.25, 0.3) is 0 Å². The second-order valence-corrected chi connectivity index (χ2v) is 6.03. The van der Waals surface area contributed by atoms with Crippen LogP contribution in [0.5, 0.6) is 11.6 Å². The molecule has 2 aromatic rings. The minimum Gasteiger partial charge on any atom is -0.439 e. The summed E-state index contributed by atoms with van der Waals surface area (Å²) >= 11 is 3.46. The molecular formula is C17H21BrN2O. The lowest BCUT2D eigenvalue weighted by Crippen LogP contribution is -2.19. The first-order chi connectivity index (χ1) is 10.1. The average Bonchev–Trinajstić information content (AvgIpc) is 2.49. The van der Waals surface area contributed by atoms with Crippen LogP contribution in [-0.4, -0.2) is 11.5 Å². The Labute approximate surface area is 134 Å². The fourth-order valence-electron chi connectivity index (χ4n) is 1.98. The summed E-state index contributed by atoms with van der Waals surface area (Å²) < 4.78 is 6.84. The van der Waals surface area contributed by atoms with Crippen molar-refractivity contribution in [3.63, 3.8) is 0 Å². The molecular weight excluding hydrogens is 328 g/mol. The van der Waals surface area contributed by atoms with Crippen LogP contribution in [0, 0.1) is 6.92 Å². The lowest BCUT2D eigenvalue weighted by Gasteiger charge is -2.14. The van der Waals surface area contributed by atoms with Gasteiger partial charge in [0.1, 0.15) is 5.75 Å². The number of ether oxygens (including phenoxy) is 1. The Kier molecular flexibility index (Phi) is 5.76. The molecule has 1 heterocycles. The van der Waals surface area contributed by atoms with Gasteiger partial charge in [-0.2, -0.15) is 0 Å². The summed E-state index contributed by atoms with van der Waals surface area (Å²) in [7, 11) is 0. The van der Waals surface area contributed by atoms with Crippen LogP contribution in [0.3, 0.4) is 0 Å². The van der Waals surface area contributed by atoms with E-state index in [4.69, 9.17) is 4.74 Å². The van der Waals surface area contributed by atoms with Gasteiger partial charge in [-0.15, -0.1) is 0 Å². The number of halogens is 1. The van der Waals surface area contributed by atoms with Gasteiger partial charge in [0.05, 0.1) is 0 Å². The lowest BCUT2D eigenvalue weighted by atomic mass is 10.1. The van der Waals surface area contributed by atoms with Gasteiger partial charge in [-0.1, -0.05) is 35.0 Å². The van der Waals surface area contributed by atoms with Crippen molar-refractivity contribution in [2.24, 2.45) is 0 Å². The highest BCUT2D eigenvalue weighted by molar-refractivity contribution is 9.10. The monoisotopic (exact) mass is 348 g/mol. The Hall–Kier alpha value is -1.39. The molecule has 0 saturated heterocycles. The van der Waals surface area contributed by atoms with Gasteiger partial charge in [0.2, 0.25) is 5.88 Å². The Bertz CT molecular complexity index is 584. The van der Waals surface area contributed by atoms with Crippen LogP contribution in [-0.2, 0) is 0 Å². The van der Waals surface area contributed by atoms with Crippen LogP contribution in [0.1, 0.15) is 37.4 Å². The van der Waals surface area contributed by atoms with Crippen LogP contribution in [0.4, 0.5) is 0 Å². The van der Waals surface area contributed by atoms with Crippen molar-refractivity contribution >= 4 is 15.9 Å². The fraction of sp³-hybridized carbons (Fsp3) is 0.353. The van der Waals surface area contributed by atoms with Crippen molar-refractivity contribution in [2.45, 2.75) is 33.2 Å². The maximum atomic E-state index is 5.84. The Morgan fingerprint density at radius 1 is 1.29 bits per heavy atom. The Morgan fingerprint density at radius 2 is 2.10 bits per heavy atom. The van der Waals surface area contributed by atoms with Gasteiger partial charge in [0.15, 0.2) is 0 Å². The van der Waals surface area contributed by atoms with E-state index in [0.717, 1.165) is 28.8 Å². The van der Waals surface area contributed by atoms with Gasteiger partial charge in [0, 0.05) is 22.8 Å². The largest absolute Gasteiger partial charge is 0.439 e. The van der Waals surface area contributed by atoms with E-state index >= 15 is 0 Å². The average molecular weight is 349 g/mol. The summed E-state index contributed by atoms with van der Waals surface area (Å²) in [4.78, 5) is 4.40. The number of aromatic nitrogens is 1. The molecule has 0 amide bonds. The van der Waals surface area contributed by atoms with Crippen LogP contribution >= 0.6 is 15.9 Å². The SMILES string of the molecule is CCCNC(C)c1ccc(Oc2cc(Br)ccc2C)nc1.